The molecule has 0 aromatic heterocycles. The van der Waals surface area contributed by atoms with Gasteiger partial charge < -0.3 is 9.57 Å². The van der Waals surface area contributed by atoms with Gasteiger partial charge in [-0.25, -0.2) is 4.79 Å². The molecule has 0 N–H and O–H groups in total. The zero-order valence-electron chi connectivity index (χ0n) is 12.8. The Morgan fingerprint density at radius 2 is 1.46 bits per heavy atom. The Balaban J connectivity index is 1.63. The van der Waals surface area contributed by atoms with E-state index in [4.69, 9.17) is 9.57 Å². The lowest BCUT2D eigenvalue weighted by Gasteiger charge is -2.05. The Morgan fingerprint density at radius 3 is 2.21 bits per heavy atom. The van der Waals surface area contributed by atoms with Crippen molar-refractivity contribution < 1.29 is 14.4 Å². The second-order valence-electron chi connectivity index (χ2n) is 4.97. The summed E-state index contributed by atoms with van der Waals surface area (Å²) >= 11 is 0. The zero-order chi connectivity index (χ0) is 16.6. The molecule has 4 nitrogen and oxygen atoms in total. The fourth-order valence-electron chi connectivity index (χ4n) is 2.04. The Hall–Kier alpha value is -3.40. The van der Waals surface area contributed by atoms with Crippen LogP contribution in [0.2, 0.25) is 0 Å². The van der Waals surface area contributed by atoms with E-state index >= 15 is 0 Å². The predicted molar refractivity (Wildman–Crippen MR) is 92.4 cm³/mol. The van der Waals surface area contributed by atoms with Crippen LogP contribution in [0.25, 0.3) is 0 Å². The molecule has 0 saturated heterocycles. The average Bonchev–Trinajstić information content (AvgIpc) is 2.63. The van der Waals surface area contributed by atoms with Crippen molar-refractivity contribution in [3.8, 4) is 11.5 Å². The molecule has 3 aromatic rings. The number of benzene rings is 3. The molecule has 0 radical (unpaired) electrons. The van der Waals surface area contributed by atoms with Crippen molar-refractivity contribution >= 4 is 12.2 Å². The van der Waals surface area contributed by atoms with Crippen molar-refractivity contribution in [2.24, 2.45) is 5.16 Å². The molecule has 0 fully saturated rings. The van der Waals surface area contributed by atoms with Crippen LogP contribution in [0.5, 0.6) is 11.5 Å². The quantitative estimate of drug-likeness (QED) is 0.390. The van der Waals surface area contributed by atoms with Gasteiger partial charge in [-0.15, -0.1) is 0 Å². The number of hydrogen-bond acceptors (Lipinski definition) is 4. The minimum atomic E-state index is -0.497. The number of rotatable bonds is 5. The summed E-state index contributed by atoms with van der Waals surface area (Å²) in [5.41, 5.74) is 1.22. The summed E-state index contributed by atoms with van der Waals surface area (Å²) in [5, 5.41) is 3.74. The van der Waals surface area contributed by atoms with Crippen LogP contribution in [0.4, 0.5) is 0 Å². The van der Waals surface area contributed by atoms with Gasteiger partial charge in [0.2, 0.25) is 0 Å². The molecule has 0 aliphatic carbocycles. The Bertz CT molecular complexity index is 830. The van der Waals surface area contributed by atoms with E-state index in [2.05, 4.69) is 5.16 Å². The third-order valence-electron chi connectivity index (χ3n) is 3.18. The van der Waals surface area contributed by atoms with E-state index in [0.29, 0.717) is 11.3 Å². The first-order chi connectivity index (χ1) is 11.8. The fraction of sp³-hybridized carbons (Fsp3) is 0. The molecular weight excluding hydrogens is 302 g/mol. The maximum absolute atomic E-state index is 11.8. The van der Waals surface area contributed by atoms with Gasteiger partial charge in [-0.3, -0.25) is 0 Å². The van der Waals surface area contributed by atoms with Crippen LogP contribution in [0, 0.1) is 0 Å². The number of oxime groups is 1. The van der Waals surface area contributed by atoms with E-state index in [0.717, 1.165) is 11.3 Å². The second-order valence-corrected chi connectivity index (χ2v) is 4.97. The number of hydrogen-bond donors (Lipinski definition) is 0. The van der Waals surface area contributed by atoms with Crippen molar-refractivity contribution in [3.05, 3.63) is 96.1 Å². The highest BCUT2D eigenvalue weighted by atomic mass is 16.7. The van der Waals surface area contributed by atoms with E-state index in [1.807, 2.05) is 60.7 Å². The Kier molecular flexibility index (Phi) is 5.00. The smallest absolute Gasteiger partial charge is 0.365 e. The maximum atomic E-state index is 11.8. The van der Waals surface area contributed by atoms with Gasteiger partial charge >= 0.3 is 5.97 Å². The number of carbonyl (C=O) groups is 1. The SMILES string of the molecule is O=C(ON=Cc1cccc(Oc2ccccc2)c1)c1ccccc1. The molecule has 0 saturated carbocycles. The van der Waals surface area contributed by atoms with Crippen LogP contribution in [0.15, 0.2) is 90.1 Å². The highest BCUT2D eigenvalue weighted by Crippen LogP contribution is 2.21. The van der Waals surface area contributed by atoms with Crippen LogP contribution in [-0.2, 0) is 4.84 Å². The molecule has 0 amide bonds. The summed E-state index contributed by atoms with van der Waals surface area (Å²) in [7, 11) is 0. The van der Waals surface area contributed by atoms with Gasteiger partial charge in [0.15, 0.2) is 0 Å². The van der Waals surface area contributed by atoms with E-state index in [9.17, 15) is 4.79 Å². The van der Waals surface area contributed by atoms with Gasteiger partial charge in [0, 0.05) is 0 Å². The Labute approximate surface area is 140 Å². The van der Waals surface area contributed by atoms with E-state index in [-0.39, 0.29) is 0 Å². The van der Waals surface area contributed by atoms with Crippen LogP contribution in [-0.4, -0.2) is 12.2 Å². The lowest BCUT2D eigenvalue weighted by molar-refractivity contribution is 0.0519. The first kappa shape index (κ1) is 15.5. The number of nitrogens with zero attached hydrogens (tertiary/aromatic N) is 1. The fourth-order valence-corrected chi connectivity index (χ4v) is 2.04. The minimum Gasteiger partial charge on any atom is -0.457 e. The highest BCUT2D eigenvalue weighted by Gasteiger charge is 2.04. The summed E-state index contributed by atoms with van der Waals surface area (Å²) in [4.78, 5) is 16.7. The van der Waals surface area contributed by atoms with Crippen LogP contribution in [0.3, 0.4) is 0 Å². The van der Waals surface area contributed by atoms with Gasteiger partial charge in [0.25, 0.3) is 0 Å². The number of carbonyl (C=O) groups excluding carboxylic acids is 1. The lowest BCUT2D eigenvalue weighted by atomic mass is 10.2. The molecule has 0 atom stereocenters. The van der Waals surface area contributed by atoms with Gasteiger partial charge in [-0.2, -0.15) is 0 Å². The van der Waals surface area contributed by atoms with Crippen LogP contribution < -0.4 is 4.74 Å². The molecule has 118 valence electrons. The van der Waals surface area contributed by atoms with Crippen molar-refractivity contribution in [2.45, 2.75) is 0 Å². The molecule has 3 aromatic carbocycles. The van der Waals surface area contributed by atoms with Gasteiger partial charge in [-0.05, 0) is 42.0 Å². The molecule has 0 aliphatic rings. The number of ether oxygens (including phenoxy) is 1. The van der Waals surface area contributed by atoms with E-state index in [1.54, 1.807) is 24.3 Å². The largest absolute Gasteiger partial charge is 0.457 e. The molecule has 0 heterocycles. The van der Waals surface area contributed by atoms with Gasteiger partial charge in [-0.1, -0.05) is 53.7 Å². The van der Waals surface area contributed by atoms with Crippen molar-refractivity contribution in [1.29, 1.82) is 0 Å². The van der Waals surface area contributed by atoms with Gasteiger partial charge in [0.1, 0.15) is 11.5 Å². The van der Waals surface area contributed by atoms with Crippen molar-refractivity contribution in [2.75, 3.05) is 0 Å². The van der Waals surface area contributed by atoms with Crippen molar-refractivity contribution in [3.63, 3.8) is 0 Å². The Morgan fingerprint density at radius 1 is 0.792 bits per heavy atom. The second kappa shape index (κ2) is 7.74. The molecular formula is C20H15NO3. The normalized spacial score (nSPS) is 10.5. The molecule has 4 heteroatoms. The third kappa shape index (κ3) is 4.30. The summed E-state index contributed by atoms with van der Waals surface area (Å²) < 4.78 is 5.75. The highest BCUT2D eigenvalue weighted by molar-refractivity contribution is 5.90. The standard InChI is InChI=1S/C20H15NO3/c22-20(17-9-3-1-4-10-17)24-21-15-16-8-7-13-19(14-16)23-18-11-5-2-6-12-18/h1-15H. The summed E-state index contributed by atoms with van der Waals surface area (Å²) in [6.07, 6.45) is 1.47. The maximum Gasteiger partial charge on any atom is 0.365 e. The first-order valence-corrected chi connectivity index (χ1v) is 7.44. The molecule has 0 unspecified atom stereocenters. The summed E-state index contributed by atoms with van der Waals surface area (Å²) in [5.74, 6) is 0.935. The van der Waals surface area contributed by atoms with Crippen LogP contribution in [0.1, 0.15) is 15.9 Å². The topological polar surface area (TPSA) is 47.9 Å². The average molecular weight is 317 g/mol. The molecule has 3 rings (SSSR count). The molecule has 24 heavy (non-hydrogen) atoms. The molecule has 0 aliphatic heterocycles. The van der Waals surface area contributed by atoms with Crippen molar-refractivity contribution in [1.82, 2.24) is 0 Å². The summed E-state index contributed by atoms with van der Waals surface area (Å²) in [6.45, 7) is 0. The zero-order valence-corrected chi connectivity index (χ0v) is 12.8. The van der Waals surface area contributed by atoms with Crippen LogP contribution >= 0.6 is 0 Å². The minimum absolute atomic E-state index is 0.454. The monoisotopic (exact) mass is 317 g/mol. The summed E-state index contributed by atoms with van der Waals surface area (Å²) in [6, 6.07) is 25.6. The first-order valence-electron chi connectivity index (χ1n) is 7.44. The lowest BCUT2D eigenvalue weighted by Crippen LogP contribution is -2.00. The predicted octanol–water partition coefficient (Wildman–Crippen LogP) is 4.67. The third-order valence-corrected chi connectivity index (χ3v) is 3.18. The number of para-hydroxylation sites is 1. The van der Waals surface area contributed by atoms with E-state index < -0.39 is 5.97 Å². The van der Waals surface area contributed by atoms with Gasteiger partial charge in [0.05, 0.1) is 11.8 Å². The van der Waals surface area contributed by atoms with E-state index in [1.165, 1.54) is 6.21 Å². The molecule has 0 bridgehead atoms. The molecule has 0 spiro atoms.